The molecule has 0 spiro atoms. The molecular formula is C13H19NO4S. The number of aryl methyl sites for hydroxylation is 1. The molecule has 0 aromatic heterocycles. The Morgan fingerprint density at radius 2 is 2.00 bits per heavy atom. The van der Waals surface area contributed by atoms with Crippen molar-refractivity contribution in [2.75, 3.05) is 0 Å². The molecule has 0 radical (unpaired) electrons. The van der Waals surface area contributed by atoms with Crippen LogP contribution >= 0.6 is 0 Å². The van der Waals surface area contributed by atoms with Crippen LogP contribution in [0.25, 0.3) is 0 Å². The van der Waals surface area contributed by atoms with Gasteiger partial charge in [0.1, 0.15) is 0 Å². The number of rotatable bonds is 6. The Labute approximate surface area is 113 Å². The second-order valence-corrected chi connectivity index (χ2v) is 6.60. The van der Waals surface area contributed by atoms with Gasteiger partial charge >= 0.3 is 5.97 Å². The molecule has 5 nitrogen and oxygen atoms in total. The molecule has 0 amide bonds. The minimum atomic E-state index is -3.69. The zero-order valence-corrected chi connectivity index (χ0v) is 12.1. The summed E-state index contributed by atoms with van der Waals surface area (Å²) in [5, 5.41) is 8.81. The van der Waals surface area contributed by atoms with Gasteiger partial charge in [-0.1, -0.05) is 26.0 Å². The number of nitrogens with one attached hydrogen (secondary N) is 1. The summed E-state index contributed by atoms with van der Waals surface area (Å²) in [5.74, 6) is -1.12. The quantitative estimate of drug-likeness (QED) is 0.834. The van der Waals surface area contributed by atoms with Crippen molar-refractivity contribution in [3.8, 4) is 0 Å². The molecule has 1 atom stereocenters. The fourth-order valence-electron chi connectivity index (χ4n) is 1.65. The maximum Gasteiger partial charge on any atom is 0.304 e. The van der Waals surface area contributed by atoms with Crippen LogP contribution in [-0.4, -0.2) is 25.5 Å². The fourth-order valence-corrected chi connectivity index (χ4v) is 3.14. The highest BCUT2D eigenvalue weighted by Crippen LogP contribution is 2.14. The highest BCUT2D eigenvalue weighted by Gasteiger charge is 2.24. The molecule has 6 heteroatoms. The molecule has 1 aromatic carbocycles. The number of sulfonamides is 1. The first-order valence-electron chi connectivity index (χ1n) is 6.03. The highest BCUT2D eigenvalue weighted by molar-refractivity contribution is 7.89. The third kappa shape index (κ3) is 4.65. The van der Waals surface area contributed by atoms with Gasteiger partial charge in [-0.25, -0.2) is 13.1 Å². The summed E-state index contributed by atoms with van der Waals surface area (Å²) < 4.78 is 26.8. The summed E-state index contributed by atoms with van der Waals surface area (Å²) in [6.45, 7) is 5.37. The lowest BCUT2D eigenvalue weighted by Crippen LogP contribution is -2.40. The number of aliphatic carboxylic acids is 1. The molecule has 1 aromatic rings. The second kappa shape index (κ2) is 6.16. The predicted molar refractivity (Wildman–Crippen MR) is 72.4 cm³/mol. The number of carboxylic acid groups (broad SMARTS) is 1. The number of hydrogen-bond donors (Lipinski definition) is 2. The van der Waals surface area contributed by atoms with E-state index in [0.29, 0.717) is 0 Å². The molecule has 1 rings (SSSR count). The zero-order valence-electron chi connectivity index (χ0n) is 11.3. The third-order valence-electron chi connectivity index (χ3n) is 2.81. The average Bonchev–Trinajstić information content (AvgIpc) is 2.27. The Kier molecular flexibility index (Phi) is 5.08. The van der Waals surface area contributed by atoms with Gasteiger partial charge in [0.15, 0.2) is 0 Å². The first-order chi connectivity index (χ1) is 8.72. The minimum Gasteiger partial charge on any atom is -0.481 e. The summed E-state index contributed by atoms with van der Waals surface area (Å²) >= 11 is 0. The normalized spacial score (nSPS) is 13.5. The van der Waals surface area contributed by atoms with Gasteiger partial charge in [0.05, 0.1) is 11.3 Å². The van der Waals surface area contributed by atoms with Crippen molar-refractivity contribution >= 4 is 16.0 Å². The van der Waals surface area contributed by atoms with Crippen LogP contribution in [-0.2, 0) is 14.8 Å². The summed E-state index contributed by atoms with van der Waals surface area (Å²) in [7, 11) is -3.69. The van der Waals surface area contributed by atoms with Crippen LogP contribution in [0.4, 0.5) is 0 Å². The van der Waals surface area contributed by atoms with Gasteiger partial charge < -0.3 is 5.11 Å². The van der Waals surface area contributed by atoms with Crippen molar-refractivity contribution in [3.05, 3.63) is 29.8 Å². The van der Waals surface area contributed by atoms with E-state index in [2.05, 4.69) is 4.72 Å². The molecule has 0 fully saturated rings. The smallest absolute Gasteiger partial charge is 0.304 e. The number of benzene rings is 1. The summed E-state index contributed by atoms with van der Waals surface area (Å²) in [4.78, 5) is 10.9. The summed E-state index contributed by atoms with van der Waals surface area (Å²) in [6.07, 6.45) is -0.233. The summed E-state index contributed by atoms with van der Waals surface area (Å²) in [6, 6.07) is 5.89. The van der Waals surface area contributed by atoms with Crippen molar-refractivity contribution in [2.45, 2.75) is 38.1 Å². The molecule has 0 bridgehead atoms. The molecule has 0 heterocycles. The van der Waals surface area contributed by atoms with Crippen LogP contribution in [0, 0.1) is 12.8 Å². The molecule has 2 N–H and O–H groups in total. The van der Waals surface area contributed by atoms with Crippen molar-refractivity contribution in [1.29, 1.82) is 0 Å². The fraction of sp³-hybridized carbons (Fsp3) is 0.462. The minimum absolute atomic E-state index is 0.101. The van der Waals surface area contributed by atoms with Gasteiger partial charge in [-0.3, -0.25) is 4.79 Å². The topological polar surface area (TPSA) is 83.5 Å². The van der Waals surface area contributed by atoms with E-state index >= 15 is 0 Å². The Balaban J connectivity index is 2.97. The van der Waals surface area contributed by atoms with E-state index in [1.807, 2.05) is 0 Å². The van der Waals surface area contributed by atoms with E-state index < -0.39 is 22.0 Å². The number of carbonyl (C=O) groups is 1. The highest BCUT2D eigenvalue weighted by atomic mass is 32.2. The molecule has 19 heavy (non-hydrogen) atoms. The van der Waals surface area contributed by atoms with Crippen molar-refractivity contribution in [1.82, 2.24) is 4.72 Å². The monoisotopic (exact) mass is 285 g/mol. The van der Waals surface area contributed by atoms with E-state index in [4.69, 9.17) is 5.11 Å². The Hall–Kier alpha value is -1.40. The average molecular weight is 285 g/mol. The van der Waals surface area contributed by atoms with E-state index in [1.54, 1.807) is 39.0 Å². The molecule has 1 unspecified atom stereocenters. The zero-order chi connectivity index (χ0) is 14.6. The number of carboxylic acids is 1. The van der Waals surface area contributed by atoms with Crippen LogP contribution in [0.2, 0.25) is 0 Å². The molecule has 0 aliphatic carbocycles. The largest absolute Gasteiger partial charge is 0.481 e. The van der Waals surface area contributed by atoms with Gasteiger partial charge in [-0.15, -0.1) is 0 Å². The Morgan fingerprint density at radius 3 is 2.47 bits per heavy atom. The van der Waals surface area contributed by atoms with Crippen molar-refractivity contribution in [2.24, 2.45) is 5.92 Å². The first kappa shape index (κ1) is 15.7. The number of hydrogen-bond acceptors (Lipinski definition) is 3. The molecule has 0 aliphatic rings. The predicted octanol–water partition coefficient (Wildman–Crippen LogP) is 1.77. The third-order valence-corrected chi connectivity index (χ3v) is 4.29. The standard InChI is InChI=1S/C13H19NO4S/c1-9(2)12(8-13(15)16)14-19(17,18)11-6-4-5-10(3)7-11/h4-7,9,12,14H,8H2,1-3H3,(H,15,16). The Bertz CT molecular complexity index is 552. The Morgan fingerprint density at radius 1 is 1.37 bits per heavy atom. The van der Waals surface area contributed by atoms with Crippen LogP contribution in [0.15, 0.2) is 29.2 Å². The van der Waals surface area contributed by atoms with Crippen molar-refractivity contribution < 1.29 is 18.3 Å². The van der Waals surface area contributed by atoms with E-state index in [-0.39, 0.29) is 17.2 Å². The van der Waals surface area contributed by atoms with Gasteiger partial charge in [0, 0.05) is 6.04 Å². The SMILES string of the molecule is Cc1cccc(S(=O)(=O)NC(CC(=O)O)C(C)C)c1. The molecule has 0 saturated heterocycles. The van der Waals surface area contributed by atoms with E-state index in [0.717, 1.165) is 5.56 Å². The molecular weight excluding hydrogens is 266 g/mol. The maximum atomic E-state index is 12.2. The molecule has 0 saturated carbocycles. The van der Waals surface area contributed by atoms with Crippen LogP contribution < -0.4 is 4.72 Å². The van der Waals surface area contributed by atoms with Gasteiger partial charge in [0.2, 0.25) is 10.0 Å². The second-order valence-electron chi connectivity index (χ2n) is 4.89. The lowest BCUT2D eigenvalue weighted by Gasteiger charge is -2.20. The van der Waals surface area contributed by atoms with E-state index in [9.17, 15) is 13.2 Å². The molecule has 0 aliphatic heterocycles. The first-order valence-corrected chi connectivity index (χ1v) is 7.51. The van der Waals surface area contributed by atoms with Crippen LogP contribution in [0.1, 0.15) is 25.8 Å². The maximum absolute atomic E-state index is 12.2. The van der Waals surface area contributed by atoms with E-state index in [1.165, 1.54) is 6.07 Å². The van der Waals surface area contributed by atoms with Gasteiger partial charge in [-0.05, 0) is 30.5 Å². The van der Waals surface area contributed by atoms with Gasteiger partial charge in [0.25, 0.3) is 0 Å². The van der Waals surface area contributed by atoms with Crippen LogP contribution in [0.5, 0.6) is 0 Å². The van der Waals surface area contributed by atoms with Crippen LogP contribution in [0.3, 0.4) is 0 Å². The van der Waals surface area contributed by atoms with Gasteiger partial charge in [-0.2, -0.15) is 0 Å². The van der Waals surface area contributed by atoms with Crippen molar-refractivity contribution in [3.63, 3.8) is 0 Å². The molecule has 106 valence electrons. The lowest BCUT2D eigenvalue weighted by atomic mass is 10.0. The summed E-state index contributed by atoms with van der Waals surface area (Å²) in [5.41, 5.74) is 0.835. The lowest BCUT2D eigenvalue weighted by molar-refractivity contribution is -0.137.